The lowest BCUT2D eigenvalue weighted by Gasteiger charge is -2.32. The molecular weight excluding hydrogens is 658 g/mol. The summed E-state index contributed by atoms with van der Waals surface area (Å²) in [5.41, 5.74) is 5.13. The van der Waals surface area contributed by atoms with E-state index >= 15 is 0 Å². The van der Waals surface area contributed by atoms with Crippen molar-refractivity contribution in [2.45, 2.75) is 52.4 Å². The second-order valence-electron chi connectivity index (χ2n) is 14.0. The van der Waals surface area contributed by atoms with Crippen molar-refractivity contribution >= 4 is 23.4 Å². The Hall–Kier alpha value is -5.91. The number of aryl methyl sites for hydroxylation is 1. The summed E-state index contributed by atoms with van der Waals surface area (Å²) in [5.74, 6) is 2.05. The summed E-state index contributed by atoms with van der Waals surface area (Å²) in [4.78, 5) is 36.8. The first-order valence-electron chi connectivity index (χ1n) is 17.4. The number of nitrogens with one attached hydrogen (secondary N) is 2. The molecule has 2 aromatic heterocycles. The first-order chi connectivity index (χ1) is 25.0. The Morgan fingerprint density at radius 2 is 1.52 bits per heavy atom. The van der Waals surface area contributed by atoms with Crippen LogP contribution in [0.4, 0.5) is 16.3 Å². The van der Waals surface area contributed by atoms with Gasteiger partial charge in [-0.25, -0.2) is 9.48 Å². The number of carbonyl (C=O) groups is 2. The number of rotatable bonds is 10. The number of hydrogen-bond donors (Lipinski definition) is 2. The molecule has 0 atom stereocenters. The summed E-state index contributed by atoms with van der Waals surface area (Å²) >= 11 is 0. The molecule has 12 nitrogen and oxygen atoms in total. The summed E-state index contributed by atoms with van der Waals surface area (Å²) in [7, 11) is 3.00. The number of likely N-dealkylation sites (tertiary alicyclic amines) is 1. The van der Waals surface area contributed by atoms with Crippen molar-refractivity contribution in [2.24, 2.45) is 5.92 Å². The van der Waals surface area contributed by atoms with Gasteiger partial charge in [-0.2, -0.15) is 15.1 Å². The molecule has 52 heavy (non-hydrogen) atoms. The summed E-state index contributed by atoms with van der Waals surface area (Å²) in [6, 6.07) is 26.2. The molecule has 3 aromatic carbocycles. The molecule has 1 aliphatic rings. The third-order valence-corrected chi connectivity index (χ3v) is 9.00. The van der Waals surface area contributed by atoms with Gasteiger partial charge in [0, 0.05) is 35.8 Å². The first kappa shape index (κ1) is 35.9. The predicted molar refractivity (Wildman–Crippen MR) is 200 cm³/mol. The number of urea groups is 1. The number of aromatic nitrogens is 4. The van der Waals surface area contributed by atoms with E-state index in [4.69, 9.17) is 19.3 Å². The lowest BCUT2D eigenvalue weighted by atomic mass is 9.90. The normalized spacial score (nSPS) is 13.4. The zero-order chi connectivity index (χ0) is 36.8. The molecular formula is C40H45N7O5. The first-order valence-corrected chi connectivity index (χ1v) is 17.4. The van der Waals surface area contributed by atoms with Crippen molar-refractivity contribution in [2.75, 3.05) is 37.9 Å². The van der Waals surface area contributed by atoms with Crippen LogP contribution in [0, 0.1) is 12.8 Å². The topological polar surface area (TPSA) is 133 Å². The number of carbonyl (C=O) groups excluding carboxylic acids is 2. The molecule has 1 fully saturated rings. The fraction of sp³-hybridized carbons (Fsp3) is 0.325. The Morgan fingerprint density at radius 3 is 2.15 bits per heavy atom. The SMILES string of the molecule is COc1cc(OC)nc(Oc2cccc(C(=O)N3CCC(Cc4ccc(NC(=O)Nc5cc(C(C)(C)C)nn5-c5ccc(C)cc5)cc4)CC3)c2)n1. The molecule has 1 aliphatic heterocycles. The number of ether oxygens (including phenoxy) is 3. The average molecular weight is 704 g/mol. The maximum absolute atomic E-state index is 13.4. The zero-order valence-corrected chi connectivity index (χ0v) is 30.5. The van der Waals surface area contributed by atoms with Crippen molar-refractivity contribution in [3.63, 3.8) is 0 Å². The summed E-state index contributed by atoms with van der Waals surface area (Å²) in [6.45, 7) is 9.66. The average Bonchev–Trinajstić information content (AvgIpc) is 3.57. The Kier molecular flexibility index (Phi) is 10.7. The lowest BCUT2D eigenvalue weighted by molar-refractivity contribution is 0.0690. The molecule has 5 aromatic rings. The number of methoxy groups -OCH3 is 2. The highest BCUT2D eigenvalue weighted by atomic mass is 16.5. The quantitative estimate of drug-likeness (QED) is 0.151. The van der Waals surface area contributed by atoms with Gasteiger partial charge in [-0.15, -0.1) is 0 Å². The van der Waals surface area contributed by atoms with Crippen LogP contribution in [0.15, 0.2) is 84.9 Å². The zero-order valence-electron chi connectivity index (χ0n) is 30.5. The number of hydrogen-bond acceptors (Lipinski definition) is 8. The third-order valence-electron chi connectivity index (χ3n) is 9.00. The van der Waals surface area contributed by atoms with E-state index in [9.17, 15) is 9.59 Å². The minimum atomic E-state index is -0.343. The van der Waals surface area contributed by atoms with Gasteiger partial charge in [0.25, 0.3) is 5.91 Å². The number of piperidine rings is 1. The van der Waals surface area contributed by atoms with E-state index in [0.717, 1.165) is 36.2 Å². The van der Waals surface area contributed by atoms with Crippen LogP contribution in [0.25, 0.3) is 5.69 Å². The molecule has 0 unspecified atom stereocenters. The van der Waals surface area contributed by atoms with E-state index < -0.39 is 0 Å². The predicted octanol–water partition coefficient (Wildman–Crippen LogP) is 7.82. The monoisotopic (exact) mass is 703 g/mol. The van der Waals surface area contributed by atoms with Gasteiger partial charge in [-0.1, -0.05) is 56.7 Å². The van der Waals surface area contributed by atoms with E-state index in [1.807, 2.05) is 54.3 Å². The molecule has 0 aliphatic carbocycles. The molecule has 3 amide bonds. The number of nitrogens with zero attached hydrogens (tertiary/aromatic N) is 5. The van der Waals surface area contributed by atoms with Gasteiger partial charge in [-0.05, 0) is 80.1 Å². The molecule has 2 N–H and O–H groups in total. The van der Waals surface area contributed by atoms with E-state index in [-0.39, 0.29) is 23.4 Å². The van der Waals surface area contributed by atoms with Gasteiger partial charge in [0.05, 0.1) is 31.7 Å². The standard InChI is InChI=1S/C40H45N7O5/c1-26-10-16-31(17-11-26)47-34(24-33(45-47)40(2,3)4)42-38(49)41-30-14-12-27(13-15-30)22-28-18-20-46(21-19-28)37(48)29-8-7-9-32(23-29)52-39-43-35(50-5)25-36(44-39)51-6/h7-17,23-25,28H,18-22H2,1-6H3,(H2,41,42,49). The lowest BCUT2D eigenvalue weighted by Crippen LogP contribution is -2.38. The third kappa shape index (κ3) is 8.87. The van der Waals surface area contributed by atoms with Gasteiger partial charge >= 0.3 is 12.0 Å². The van der Waals surface area contributed by atoms with Gasteiger partial charge < -0.3 is 24.4 Å². The molecule has 1 saturated heterocycles. The van der Waals surface area contributed by atoms with Gasteiger partial charge in [-0.3, -0.25) is 10.1 Å². The maximum Gasteiger partial charge on any atom is 0.328 e. The highest BCUT2D eigenvalue weighted by Crippen LogP contribution is 2.29. The molecule has 0 radical (unpaired) electrons. The molecule has 270 valence electrons. The van der Waals surface area contributed by atoms with Crippen LogP contribution in [0.2, 0.25) is 0 Å². The molecule has 12 heteroatoms. The van der Waals surface area contributed by atoms with E-state index in [1.165, 1.54) is 19.8 Å². The highest BCUT2D eigenvalue weighted by Gasteiger charge is 2.25. The molecule has 0 spiro atoms. The van der Waals surface area contributed by atoms with Crippen LogP contribution in [0.1, 0.15) is 60.8 Å². The summed E-state index contributed by atoms with van der Waals surface area (Å²) in [6.07, 6.45) is 2.69. The van der Waals surface area contributed by atoms with Gasteiger partial charge in [0.2, 0.25) is 11.8 Å². The van der Waals surface area contributed by atoms with Crippen molar-refractivity contribution in [3.8, 4) is 29.2 Å². The number of amides is 3. The Labute approximate surface area is 304 Å². The van der Waals surface area contributed by atoms with Crippen molar-refractivity contribution in [1.82, 2.24) is 24.6 Å². The van der Waals surface area contributed by atoms with Crippen LogP contribution in [-0.2, 0) is 11.8 Å². The van der Waals surface area contributed by atoms with E-state index in [1.54, 1.807) is 35.0 Å². The van der Waals surface area contributed by atoms with Gasteiger partial charge in [0.1, 0.15) is 11.6 Å². The van der Waals surface area contributed by atoms with Crippen molar-refractivity contribution in [3.05, 3.63) is 107 Å². The van der Waals surface area contributed by atoms with Crippen molar-refractivity contribution < 1.29 is 23.8 Å². The molecule has 6 rings (SSSR count). The largest absolute Gasteiger partial charge is 0.481 e. The van der Waals surface area contributed by atoms with Crippen LogP contribution < -0.4 is 24.8 Å². The van der Waals surface area contributed by atoms with E-state index in [0.29, 0.717) is 53.6 Å². The Morgan fingerprint density at radius 1 is 0.846 bits per heavy atom. The number of anilines is 2. The minimum absolute atomic E-state index is 0.0432. The smallest absolute Gasteiger partial charge is 0.328 e. The summed E-state index contributed by atoms with van der Waals surface area (Å²) in [5, 5.41) is 10.7. The van der Waals surface area contributed by atoms with Gasteiger partial charge in [0.15, 0.2) is 0 Å². The Balaban J connectivity index is 1.01. The highest BCUT2D eigenvalue weighted by molar-refractivity contribution is 5.99. The van der Waals surface area contributed by atoms with Crippen LogP contribution in [0.5, 0.6) is 23.5 Å². The molecule has 0 saturated carbocycles. The van der Waals surface area contributed by atoms with Crippen molar-refractivity contribution in [1.29, 1.82) is 0 Å². The minimum Gasteiger partial charge on any atom is -0.481 e. The second kappa shape index (κ2) is 15.5. The Bertz CT molecular complexity index is 1990. The van der Waals surface area contributed by atoms with E-state index in [2.05, 4.69) is 53.5 Å². The molecule has 3 heterocycles. The van der Waals surface area contributed by atoms with Crippen LogP contribution >= 0.6 is 0 Å². The fourth-order valence-corrected chi connectivity index (χ4v) is 6.01. The second-order valence-corrected chi connectivity index (χ2v) is 14.0. The van der Waals surface area contributed by atoms with Crippen LogP contribution in [-0.4, -0.2) is 63.9 Å². The van der Waals surface area contributed by atoms with Crippen LogP contribution in [0.3, 0.4) is 0 Å². The fourth-order valence-electron chi connectivity index (χ4n) is 6.01. The maximum atomic E-state index is 13.4. The molecule has 0 bridgehead atoms. The summed E-state index contributed by atoms with van der Waals surface area (Å²) < 4.78 is 18.0. The number of benzene rings is 3.